The number of ether oxygens (including phenoxy) is 2. The van der Waals surface area contributed by atoms with Gasteiger partial charge in [-0.05, 0) is 58.4 Å². The maximum absolute atomic E-state index is 6.00. The SMILES string of the molecule is CCOc1cc(N(CC)CC)ccc1C(OC)c1ccc(N(CC)CC)cc1. The molecule has 0 saturated carbocycles. The molecule has 1 unspecified atom stereocenters. The summed E-state index contributed by atoms with van der Waals surface area (Å²) in [5.41, 5.74) is 4.63. The molecular formula is C24H36N2O2. The number of benzene rings is 2. The van der Waals surface area contributed by atoms with Gasteiger partial charge in [-0.25, -0.2) is 0 Å². The summed E-state index contributed by atoms with van der Waals surface area (Å²) in [6, 6.07) is 15.1. The predicted octanol–water partition coefficient (Wildman–Crippen LogP) is 5.51. The third-order valence-electron chi connectivity index (χ3n) is 5.27. The van der Waals surface area contributed by atoms with Crippen LogP contribution in [0.3, 0.4) is 0 Å². The highest BCUT2D eigenvalue weighted by atomic mass is 16.5. The average molecular weight is 385 g/mol. The van der Waals surface area contributed by atoms with Crippen LogP contribution in [0.5, 0.6) is 5.75 Å². The van der Waals surface area contributed by atoms with Crippen molar-refractivity contribution < 1.29 is 9.47 Å². The lowest BCUT2D eigenvalue weighted by Crippen LogP contribution is -2.22. The normalized spacial score (nSPS) is 11.9. The van der Waals surface area contributed by atoms with Crippen molar-refractivity contribution in [3.8, 4) is 5.75 Å². The van der Waals surface area contributed by atoms with Gasteiger partial charge in [-0.2, -0.15) is 0 Å². The smallest absolute Gasteiger partial charge is 0.127 e. The van der Waals surface area contributed by atoms with Gasteiger partial charge in [-0.3, -0.25) is 0 Å². The topological polar surface area (TPSA) is 24.9 Å². The molecular weight excluding hydrogens is 348 g/mol. The van der Waals surface area contributed by atoms with Gasteiger partial charge in [0.2, 0.25) is 0 Å². The molecule has 0 saturated heterocycles. The lowest BCUT2D eigenvalue weighted by molar-refractivity contribution is 0.133. The fourth-order valence-electron chi connectivity index (χ4n) is 3.70. The van der Waals surface area contributed by atoms with Gasteiger partial charge in [0, 0.05) is 56.3 Å². The molecule has 0 fully saturated rings. The maximum atomic E-state index is 6.00. The van der Waals surface area contributed by atoms with E-state index < -0.39 is 0 Å². The Morgan fingerprint density at radius 1 is 0.750 bits per heavy atom. The zero-order valence-corrected chi connectivity index (χ0v) is 18.4. The molecule has 0 aliphatic heterocycles. The fourth-order valence-corrected chi connectivity index (χ4v) is 3.70. The molecule has 28 heavy (non-hydrogen) atoms. The molecule has 0 aliphatic carbocycles. The Morgan fingerprint density at radius 3 is 1.79 bits per heavy atom. The first-order chi connectivity index (χ1) is 13.6. The van der Waals surface area contributed by atoms with Crippen LogP contribution in [-0.2, 0) is 4.74 Å². The zero-order chi connectivity index (χ0) is 20.5. The van der Waals surface area contributed by atoms with Gasteiger partial charge in [-0.1, -0.05) is 18.2 Å². The van der Waals surface area contributed by atoms with E-state index >= 15 is 0 Å². The standard InChI is InChI=1S/C24H36N2O2/c1-7-25(8-2)20-14-12-19(13-15-20)24(27-6)22-17-16-21(26(9-3)10-4)18-23(22)28-11-5/h12-18,24H,7-11H2,1-6H3. The summed E-state index contributed by atoms with van der Waals surface area (Å²) < 4.78 is 11.9. The molecule has 0 amide bonds. The van der Waals surface area contributed by atoms with Crippen LogP contribution in [0.2, 0.25) is 0 Å². The van der Waals surface area contributed by atoms with Crippen molar-refractivity contribution >= 4 is 11.4 Å². The number of nitrogens with zero attached hydrogens (tertiary/aromatic N) is 2. The summed E-state index contributed by atoms with van der Waals surface area (Å²) in [6.07, 6.45) is -0.155. The van der Waals surface area contributed by atoms with Crippen LogP contribution < -0.4 is 14.5 Å². The van der Waals surface area contributed by atoms with Crippen LogP contribution >= 0.6 is 0 Å². The minimum absolute atomic E-state index is 0.155. The third kappa shape index (κ3) is 4.99. The third-order valence-corrected chi connectivity index (χ3v) is 5.27. The number of hydrogen-bond donors (Lipinski definition) is 0. The quantitative estimate of drug-likeness (QED) is 0.510. The second-order valence-electron chi connectivity index (χ2n) is 6.71. The van der Waals surface area contributed by atoms with Crippen molar-refractivity contribution in [1.29, 1.82) is 0 Å². The Kier molecular flexibility index (Phi) is 8.65. The summed E-state index contributed by atoms with van der Waals surface area (Å²) in [7, 11) is 1.76. The van der Waals surface area contributed by atoms with Crippen molar-refractivity contribution in [3.05, 3.63) is 53.6 Å². The molecule has 0 bridgehead atoms. The molecule has 2 aromatic rings. The summed E-state index contributed by atoms with van der Waals surface area (Å²) in [5.74, 6) is 0.895. The molecule has 2 rings (SSSR count). The van der Waals surface area contributed by atoms with E-state index in [0.29, 0.717) is 6.61 Å². The number of anilines is 2. The van der Waals surface area contributed by atoms with Gasteiger partial charge in [0.05, 0.1) is 6.61 Å². The van der Waals surface area contributed by atoms with E-state index in [1.165, 1.54) is 11.4 Å². The Balaban J connectivity index is 2.39. The second kappa shape index (κ2) is 11.0. The van der Waals surface area contributed by atoms with Gasteiger partial charge in [0.25, 0.3) is 0 Å². The van der Waals surface area contributed by atoms with Gasteiger partial charge in [0.1, 0.15) is 11.9 Å². The van der Waals surface area contributed by atoms with Crippen molar-refractivity contribution in [2.45, 2.75) is 40.7 Å². The Bertz CT molecular complexity index is 707. The average Bonchev–Trinajstić information content (AvgIpc) is 2.73. The lowest BCUT2D eigenvalue weighted by Gasteiger charge is -2.25. The van der Waals surface area contributed by atoms with E-state index in [2.05, 4.69) is 80.0 Å². The first kappa shape index (κ1) is 22.1. The highest BCUT2D eigenvalue weighted by molar-refractivity contribution is 5.56. The van der Waals surface area contributed by atoms with E-state index in [0.717, 1.165) is 43.1 Å². The Hall–Kier alpha value is -2.20. The zero-order valence-electron chi connectivity index (χ0n) is 18.4. The van der Waals surface area contributed by atoms with Gasteiger partial charge in [0.15, 0.2) is 0 Å². The van der Waals surface area contributed by atoms with E-state index in [1.54, 1.807) is 7.11 Å². The first-order valence-electron chi connectivity index (χ1n) is 10.5. The van der Waals surface area contributed by atoms with Crippen LogP contribution in [-0.4, -0.2) is 39.9 Å². The summed E-state index contributed by atoms with van der Waals surface area (Å²) in [4.78, 5) is 4.67. The van der Waals surface area contributed by atoms with Crippen LogP contribution in [0.25, 0.3) is 0 Å². The number of methoxy groups -OCH3 is 1. The van der Waals surface area contributed by atoms with Crippen molar-refractivity contribution in [2.24, 2.45) is 0 Å². The van der Waals surface area contributed by atoms with E-state index in [-0.39, 0.29) is 6.10 Å². The highest BCUT2D eigenvalue weighted by Crippen LogP contribution is 2.36. The van der Waals surface area contributed by atoms with Gasteiger partial charge in [-0.15, -0.1) is 0 Å². The molecule has 4 heteroatoms. The van der Waals surface area contributed by atoms with Gasteiger partial charge >= 0.3 is 0 Å². The highest BCUT2D eigenvalue weighted by Gasteiger charge is 2.20. The molecule has 1 atom stereocenters. The molecule has 0 spiro atoms. The first-order valence-corrected chi connectivity index (χ1v) is 10.5. The van der Waals surface area contributed by atoms with Crippen LogP contribution in [0, 0.1) is 0 Å². The summed E-state index contributed by atoms with van der Waals surface area (Å²) >= 11 is 0. The van der Waals surface area contributed by atoms with Gasteiger partial charge < -0.3 is 19.3 Å². The number of rotatable bonds is 11. The molecule has 2 aromatic carbocycles. The fraction of sp³-hybridized carbons (Fsp3) is 0.500. The molecule has 4 nitrogen and oxygen atoms in total. The van der Waals surface area contributed by atoms with Crippen LogP contribution in [0.4, 0.5) is 11.4 Å². The van der Waals surface area contributed by atoms with Crippen LogP contribution in [0.15, 0.2) is 42.5 Å². The minimum Gasteiger partial charge on any atom is -0.493 e. The predicted molar refractivity (Wildman–Crippen MR) is 120 cm³/mol. The lowest BCUT2D eigenvalue weighted by atomic mass is 9.99. The molecule has 0 aliphatic rings. The Morgan fingerprint density at radius 2 is 1.29 bits per heavy atom. The minimum atomic E-state index is -0.155. The molecule has 0 aromatic heterocycles. The number of hydrogen-bond acceptors (Lipinski definition) is 4. The van der Waals surface area contributed by atoms with E-state index in [4.69, 9.17) is 9.47 Å². The summed E-state index contributed by atoms with van der Waals surface area (Å²) in [5, 5.41) is 0. The van der Waals surface area contributed by atoms with Crippen molar-refractivity contribution in [3.63, 3.8) is 0 Å². The monoisotopic (exact) mass is 384 g/mol. The van der Waals surface area contributed by atoms with E-state index in [1.807, 2.05) is 6.92 Å². The van der Waals surface area contributed by atoms with Crippen molar-refractivity contribution in [1.82, 2.24) is 0 Å². The summed E-state index contributed by atoms with van der Waals surface area (Å²) in [6.45, 7) is 15.3. The molecule has 0 heterocycles. The molecule has 154 valence electrons. The van der Waals surface area contributed by atoms with Crippen molar-refractivity contribution in [2.75, 3.05) is 49.7 Å². The molecule has 0 N–H and O–H groups in total. The largest absolute Gasteiger partial charge is 0.493 e. The maximum Gasteiger partial charge on any atom is 0.127 e. The van der Waals surface area contributed by atoms with Crippen LogP contribution in [0.1, 0.15) is 51.8 Å². The second-order valence-corrected chi connectivity index (χ2v) is 6.71. The molecule has 0 radical (unpaired) electrons. The van der Waals surface area contributed by atoms with E-state index in [9.17, 15) is 0 Å². The Labute approximate surface area is 171 Å².